The fourth-order valence-electron chi connectivity index (χ4n) is 3.86. The predicted molar refractivity (Wildman–Crippen MR) is 126 cm³/mol. The van der Waals surface area contributed by atoms with Gasteiger partial charge in [0.25, 0.3) is 5.56 Å². The Bertz CT molecular complexity index is 1370. The van der Waals surface area contributed by atoms with E-state index in [0.29, 0.717) is 32.8 Å². The maximum absolute atomic E-state index is 12.9. The van der Waals surface area contributed by atoms with Crippen LogP contribution in [0.5, 0.6) is 0 Å². The molecule has 2 fully saturated rings. The van der Waals surface area contributed by atoms with Gasteiger partial charge in [-0.15, -0.1) is 0 Å². The van der Waals surface area contributed by atoms with Gasteiger partial charge in [-0.1, -0.05) is 29.1 Å². The van der Waals surface area contributed by atoms with Gasteiger partial charge in [-0.05, 0) is 49.8 Å². The van der Waals surface area contributed by atoms with Crippen molar-refractivity contribution in [2.75, 3.05) is 18.6 Å². The van der Waals surface area contributed by atoms with E-state index >= 15 is 0 Å². The van der Waals surface area contributed by atoms with Gasteiger partial charge in [0.05, 0.1) is 22.0 Å². The van der Waals surface area contributed by atoms with Crippen molar-refractivity contribution in [3.05, 3.63) is 54.6 Å². The van der Waals surface area contributed by atoms with Gasteiger partial charge in [-0.2, -0.15) is 0 Å². The van der Waals surface area contributed by atoms with Crippen LogP contribution < -0.4 is 16.1 Å². The number of anilines is 1. The van der Waals surface area contributed by atoms with Crippen molar-refractivity contribution in [1.82, 2.24) is 9.13 Å². The standard InChI is InChI=1S/C23H20Cl2N4O4/c1-27(19-9-4-13(24)11-18(19)25)23(32)33-10-2-3-14-12-17-20(26-14)28(15-5-6-15)22(31)29(21(17)30)16-7-8-16/h4,9,11,15-16H,5-8,10,12H2,1H3. The van der Waals surface area contributed by atoms with Crippen LogP contribution >= 0.6 is 23.2 Å². The van der Waals surface area contributed by atoms with Crippen molar-refractivity contribution in [3.8, 4) is 11.8 Å². The Hall–Kier alpha value is -3.02. The first-order valence-corrected chi connectivity index (χ1v) is 11.4. The molecule has 2 heterocycles. The molecule has 1 aliphatic heterocycles. The smallest absolute Gasteiger partial charge is 0.415 e. The number of fused-ring (bicyclic) bond motifs is 1. The first-order valence-electron chi connectivity index (χ1n) is 10.7. The summed E-state index contributed by atoms with van der Waals surface area (Å²) in [7, 11) is 1.53. The monoisotopic (exact) mass is 486 g/mol. The summed E-state index contributed by atoms with van der Waals surface area (Å²) in [5, 5.41) is 0.787. The van der Waals surface area contributed by atoms with Gasteiger partial charge in [-0.3, -0.25) is 18.8 Å². The van der Waals surface area contributed by atoms with E-state index in [1.165, 1.54) is 22.6 Å². The molecule has 1 aromatic carbocycles. The lowest BCUT2D eigenvalue weighted by molar-refractivity contribution is 0.169. The maximum atomic E-state index is 12.9. The number of amides is 1. The second-order valence-corrected chi connectivity index (χ2v) is 9.18. The van der Waals surface area contributed by atoms with Crippen molar-refractivity contribution in [1.29, 1.82) is 0 Å². The van der Waals surface area contributed by atoms with Gasteiger partial charge in [0.15, 0.2) is 6.61 Å². The van der Waals surface area contributed by atoms with E-state index < -0.39 is 6.09 Å². The lowest BCUT2D eigenvalue weighted by Crippen LogP contribution is -2.40. The maximum Gasteiger partial charge on any atom is 0.415 e. The summed E-state index contributed by atoms with van der Waals surface area (Å²) in [6.07, 6.45) is 3.18. The molecule has 0 unspecified atom stereocenters. The van der Waals surface area contributed by atoms with Crippen LogP contribution in [-0.4, -0.2) is 34.6 Å². The summed E-state index contributed by atoms with van der Waals surface area (Å²) in [6, 6.07) is 4.89. The van der Waals surface area contributed by atoms with E-state index in [2.05, 4.69) is 16.8 Å². The molecule has 0 radical (unpaired) electrons. The van der Waals surface area contributed by atoms with E-state index in [-0.39, 0.29) is 36.4 Å². The Labute approximate surface area is 199 Å². The number of aromatic nitrogens is 2. The quantitative estimate of drug-likeness (QED) is 0.613. The number of rotatable bonds is 4. The predicted octanol–water partition coefficient (Wildman–Crippen LogP) is 3.89. The fraction of sp³-hybridized carbons (Fsp3) is 0.391. The van der Waals surface area contributed by atoms with Crippen LogP contribution in [0.15, 0.2) is 32.8 Å². The molecule has 0 atom stereocenters. The van der Waals surface area contributed by atoms with Crippen molar-refractivity contribution >= 4 is 46.5 Å². The molecule has 33 heavy (non-hydrogen) atoms. The first-order chi connectivity index (χ1) is 15.8. The summed E-state index contributed by atoms with van der Waals surface area (Å²) >= 11 is 12.0. The zero-order chi connectivity index (χ0) is 23.3. The Balaban J connectivity index is 1.29. The van der Waals surface area contributed by atoms with E-state index in [1.54, 1.807) is 16.7 Å². The van der Waals surface area contributed by atoms with Crippen LogP contribution in [0.25, 0.3) is 0 Å². The number of hydrogen-bond donors (Lipinski definition) is 0. The zero-order valence-corrected chi connectivity index (χ0v) is 19.3. The highest BCUT2D eigenvalue weighted by molar-refractivity contribution is 6.36. The summed E-state index contributed by atoms with van der Waals surface area (Å²) in [6.45, 7) is -0.161. The molecular formula is C23H20Cl2N4O4. The molecule has 10 heteroatoms. The molecule has 3 aliphatic rings. The topological polar surface area (TPSA) is 85.9 Å². The van der Waals surface area contributed by atoms with Crippen molar-refractivity contribution in [2.45, 2.75) is 44.2 Å². The van der Waals surface area contributed by atoms with Gasteiger partial charge >= 0.3 is 11.8 Å². The molecule has 1 amide bonds. The Morgan fingerprint density at radius 3 is 2.55 bits per heavy atom. The Morgan fingerprint density at radius 1 is 1.18 bits per heavy atom. The Morgan fingerprint density at radius 2 is 1.88 bits per heavy atom. The van der Waals surface area contributed by atoms with Crippen molar-refractivity contribution < 1.29 is 9.53 Å². The molecule has 1 aromatic heterocycles. The van der Waals surface area contributed by atoms with Crippen molar-refractivity contribution in [2.24, 2.45) is 4.99 Å². The normalized spacial score (nSPS) is 16.5. The molecule has 2 saturated carbocycles. The number of carbonyl (C=O) groups is 1. The van der Waals surface area contributed by atoms with Crippen LogP contribution in [0.4, 0.5) is 16.3 Å². The highest BCUT2D eigenvalue weighted by Crippen LogP contribution is 2.40. The number of aliphatic imine (C=N–C) groups is 1. The minimum absolute atomic E-state index is 0.000907. The number of benzene rings is 1. The van der Waals surface area contributed by atoms with Gasteiger partial charge in [0.1, 0.15) is 5.82 Å². The van der Waals surface area contributed by atoms with E-state index in [4.69, 9.17) is 27.9 Å². The second-order valence-electron chi connectivity index (χ2n) is 8.34. The second kappa shape index (κ2) is 8.40. The lowest BCUT2D eigenvalue weighted by atomic mass is 10.2. The van der Waals surface area contributed by atoms with Crippen LogP contribution in [0.2, 0.25) is 10.0 Å². The van der Waals surface area contributed by atoms with E-state index in [1.807, 2.05) is 0 Å². The molecule has 2 aliphatic carbocycles. The summed E-state index contributed by atoms with van der Waals surface area (Å²) in [5.74, 6) is 6.08. The molecule has 0 spiro atoms. The van der Waals surface area contributed by atoms with Gasteiger partial charge in [0.2, 0.25) is 0 Å². The molecule has 0 saturated heterocycles. The molecule has 170 valence electrons. The third kappa shape index (κ3) is 4.19. The highest BCUT2D eigenvalue weighted by Gasteiger charge is 2.36. The molecular weight excluding hydrogens is 467 g/mol. The first kappa shape index (κ1) is 21.8. The molecule has 0 N–H and O–H groups in total. The SMILES string of the molecule is CN(C(=O)OCC#CC1=Nc2c(c(=O)n(C3CC3)c(=O)n2C2CC2)C1)c1ccc(Cl)cc1Cl. The van der Waals surface area contributed by atoms with Gasteiger partial charge in [-0.25, -0.2) is 14.6 Å². The summed E-state index contributed by atoms with van der Waals surface area (Å²) in [4.78, 5) is 43.9. The van der Waals surface area contributed by atoms with Crippen LogP contribution in [0, 0.1) is 11.8 Å². The van der Waals surface area contributed by atoms with Crippen molar-refractivity contribution in [3.63, 3.8) is 0 Å². The molecule has 0 bridgehead atoms. The average molecular weight is 487 g/mol. The minimum Gasteiger partial charge on any atom is -0.436 e. The fourth-order valence-corrected chi connectivity index (χ4v) is 4.40. The van der Waals surface area contributed by atoms with E-state index in [0.717, 1.165) is 25.7 Å². The summed E-state index contributed by atoms with van der Waals surface area (Å²) < 4.78 is 8.25. The summed E-state index contributed by atoms with van der Waals surface area (Å²) in [5.41, 5.74) is 0.934. The zero-order valence-electron chi connectivity index (χ0n) is 17.8. The highest BCUT2D eigenvalue weighted by atomic mass is 35.5. The largest absolute Gasteiger partial charge is 0.436 e. The van der Waals surface area contributed by atoms with E-state index in [9.17, 15) is 14.4 Å². The molecule has 8 nitrogen and oxygen atoms in total. The number of ether oxygens (including phenoxy) is 1. The van der Waals surface area contributed by atoms with Gasteiger partial charge in [0, 0.05) is 30.6 Å². The average Bonchev–Trinajstić information content (AvgIpc) is 3.70. The number of carbonyl (C=O) groups excluding carboxylic acids is 1. The van der Waals surface area contributed by atoms with Gasteiger partial charge < -0.3 is 4.74 Å². The molecule has 5 rings (SSSR count). The number of nitrogens with zero attached hydrogens (tertiary/aromatic N) is 4. The number of halogens is 2. The van der Waals surface area contributed by atoms with Crippen LogP contribution in [0.1, 0.15) is 43.3 Å². The van der Waals surface area contributed by atoms with Crippen LogP contribution in [0.3, 0.4) is 0 Å². The lowest BCUT2D eigenvalue weighted by Gasteiger charge is -2.17. The number of hydrogen-bond acceptors (Lipinski definition) is 5. The minimum atomic E-state index is -0.625. The molecule has 2 aromatic rings. The Kier molecular flexibility index (Phi) is 5.55. The third-order valence-electron chi connectivity index (χ3n) is 5.84. The third-order valence-corrected chi connectivity index (χ3v) is 6.38. The van der Waals surface area contributed by atoms with Crippen LogP contribution in [-0.2, 0) is 11.2 Å².